The minimum atomic E-state index is -0.0464. The molecule has 2 atom stereocenters. The van der Waals surface area contributed by atoms with E-state index in [9.17, 15) is 0 Å². The number of thiocarbonyl (C=S) groups is 1. The topological polar surface area (TPSA) is 63.5 Å². The summed E-state index contributed by atoms with van der Waals surface area (Å²) in [6.45, 7) is 4.95. The Morgan fingerprint density at radius 1 is 1.28 bits per heavy atom. The normalized spacial score (nSPS) is 17.1. The number of nitrogens with one attached hydrogen (secondary N) is 1. The average molecular weight is 410 g/mol. The number of rotatable bonds is 4. The Bertz CT molecular complexity index is 1030. The molecule has 0 spiro atoms. The van der Waals surface area contributed by atoms with Gasteiger partial charge in [0.15, 0.2) is 0 Å². The van der Waals surface area contributed by atoms with Crippen molar-refractivity contribution >= 4 is 34.0 Å². The van der Waals surface area contributed by atoms with Gasteiger partial charge in [0.2, 0.25) is 0 Å². The first-order valence-corrected chi connectivity index (χ1v) is 10.4. The molecule has 0 radical (unpaired) electrons. The molecular formula is C23H27N3O2S. The van der Waals surface area contributed by atoms with Crippen LogP contribution in [0.4, 0.5) is 5.69 Å². The molecule has 1 aliphatic heterocycles. The summed E-state index contributed by atoms with van der Waals surface area (Å²) in [6, 6.07) is 14.2. The van der Waals surface area contributed by atoms with Crippen LogP contribution >= 0.6 is 12.2 Å². The average Bonchev–Trinajstić information content (AvgIpc) is 3.10. The maximum atomic E-state index is 6.06. The molecule has 6 heteroatoms. The van der Waals surface area contributed by atoms with Crippen molar-refractivity contribution in [1.82, 2.24) is 9.88 Å². The second kappa shape index (κ2) is 7.95. The third kappa shape index (κ3) is 3.65. The molecule has 29 heavy (non-hydrogen) atoms. The number of ether oxygens (including phenoxy) is 2. The van der Waals surface area contributed by atoms with Crippen molar-refractivity contribution in [2.45, 2.75) is 38.8 Å². The number of methoxy groups -OCH3 is 1. The minimum absolute atomic E-state index is 0.0464. The highest BCUT2D eigenvalue weighted by molar-refractivity contribution is 7.80. The van der Waals surface area contributed by atoms with Crippen LogP contribution in [0.25, 0.3) is 10.9 Å². The van der Waals surface area contributed by atoms with Crippen molar-refractivity contribution < 1.29 is 9.47 Å². The Kier molecular flexibility index (Phi) is 5.37. The van der Waals surface area contributed by atoms with Crippen molar-refractivity contribution in [3.8, 4) is 5.75 Å². The van der Waals surface area contributed by atoms with Crippen LogP contribution < -0.4 is 10.5 Å². The Hall–Kier alpha value is -2.73. The van der Waals surface area contributed by atoms with Crippen LogP contribution in [0.2, 0.25) is 0 Å². The van der Waals surface area contributed by atoms with Gasteiger partial charge in [0, 0.05) is 28.8 Å². The fraction of sp³-hybridized carbons (Fsp3) is 0.348. The van der Waals surface area contributed by atoms with E-state index in [1.165, 1.54) is 10.9 Å². The van der Waals surface area contributed by atoms with E-state index in [2.05, 4.69) is 41.9 Å². The number of hydrogen-bond acceptors (Lipinski definition) is 4. The van der Waals surface area contributed by atoms with Gasteiger partial charge in [0.1, 0.15) is 5.75 Å². The Balaban J connectivity index is 1.81. The van der Waals surface area contributed by atoms with Crippen LogP contribution in [0, 0.1) is 0 Å². The number of aromatic nitrogens is 1. The lowest BCUT2D eigenvalue weighted by Crippen LogP contribution is -2.41. The molecule has 2 unspecified atom stereocenters. The predicted molar refractivity (Wildman–Crippen MR) is 121 cm³/mol. The second-order valence-electron chi connectivity index (χ2n) is 7.54. The molecule has 0 fully saturated rings. The highest BCUT2D eigenvalue weighted by Crippen LogP contribution is 2.39. The molecule has 3 aromatic rings. The predicted octanol–water partition coefficient (Wildman–Crippen LogP) is 4.81. The van der Waals surface area contributed by atoms with E-state index in [-0.39, 0.29) is 12.1 Å². The number of fused-ring (bicyclic) bond motifs is 3. The molecule has 1 aliphatic rings. The maximum absolute atomic E-state index is 6.06. The SMILES string of the molecule is CCC(C)OC(=S)N1CCc2c([nH]c3ccc(N)cc23)C1c1ccc(OC)cc1. The molecule has 0 bridgehead atoms. The smallest absolute Gasteiger partial charge is 0.260 e. The zero-order valence-corrected chi connectivity index (χ0v) is 17.9. The number of hydrogen-bond donors (Lipinski definition) is 2. The van der Waals surface area contributed by atoms with Crippen LogP contribution in [-0.4, -0.2) is 34.8 Å². The number of nitrogens with zero attached hydrogens (tertiary/aromatic N) is 1. The lowest BCUT2D eigenvalue weighted by Gasteiger charge is -2.38. The number of H-pyrrole nitrogens is 1. The monoisotopic (exact) mass is 409 g/mol. The van der Waals surface area contributed by atoms with Crippen molar-refractivity contribution in [2.75, 3.05) is 19.4 Å². The first kappa shape index (κ1) is 19.6. The largest absolute Gasteiger partial charge is 0.497 e. The van der Waals surface area contributed by atoms with Crippen molar-refractivity contribution in [3.05, 3.63) is 59.3 Å². The molecule has 1 aromatic heterocycles. The van der Waals surface area contributed by atoms with E-state index in [1.54, 1.807) is 7.11 Å². The van der Waals surface area contributed by atoms with E-state index in [0.29, 0.717) is 5.17 Å². The van der Waals surface area contributed by atoms with E-state index in [4.69, 9.17) is 27.4 Å². The van der Waals surface area contributed by atoms with Gasteiger partial charge < -0.3 is 25.1 Å². The molecule has 0 saturated carbocycles. The summed E-state index contributed by atoms with van der Waals surface area (Å²) in [6.07, 6.45) is 1.89. The van der Waals surface area contributed by atoms with Crippen LogP contribution in [0.3, 0.4) is 0 Å². The summed E-state index contributed by atoms with van der Waals surface area (Å²) in [4.78, 5) is 5.81. The number of nitrogens with two attached hydrogens (primary N) is 1. The molecule has 3 N–H and O–H groups in total. The molecule has 2 aromatic carbocycles. The number of anilines is 1. The van der Waals surface area contributed by atoms with E-state index in [0.717, 1.165) is 47.6 Å². The van der Waals surface area contributed by atoms with Gasteiger partial charge >= 0.3 is 0 Å². The van der Waals surface area contributed by atoms with Gasteiger partial charge in [0.05, 0.1) is 19.3 Å². The third-order valence-electron chi connectivity index (χ3n) is 5.69. The highest BCUT2D eigenvalue weighted by Gasteiger charge is 2.34. The summed E-state index contributed by atoms with van der Waals surface area (Å²) in [5.41, 5.74) is 11.5. The first-order valence-electron chi connectivity index (χ1n) is 10.0. The molecule has 4 rings (SSSR count). The van der Waals surface area contributed by atoms with Gasteiger partial charge in [-0.3, -0.25) is 0 Å². The summed E-state index contributed by atoms with van der Waals surface area (Å²) in [5, 5.41) is 1.73. The van der Waals surface area contributed by atoms with Gasteiger partial charge in [-0.05, 0) is 73.4 Å². The fourth-order valence-electron chi connectivity index (χ4n) is 3.96. The number of benzene rings is 2. The lowest BCUT2D eigenvalue weighted by atomic mass is 9.92. The molecular weight excluding hydrogens is 382 g/mol. The van der Waals surface area contributed by atoms with Crippen molar-refractivity contribution in [2.24, 2.45) is 0 Å². The van der Waals surface area contributed by atoms with Crippen LogP contribution in [0.1, 0.15) is 43.1 Å². The van der Waals surface area contributed by atoms with E-state index in [1.807, 2.05) is 24.3 Å². The fourth-order valence-corrected chi connectivity index (χ4v) is 4.32. The first-order chi connectivity index (χ1) is 14.0. The Labute approximate surface area is 176 Å². The number of aromatic amines is 1. The molecule has 0 aliphatic carbocycles. The standard InChI is InChI=1S/C23H27N3O2S/c1-4-14(2)28-23(29)26-12-11-18-19-13-16(24)7-10-20(19)25-21(18)22(26)15-5-8-17(27-3)9-6-15/h5-10,13-14,22,25H,4,11-12,24H2,1-3H3. The quantitative estimate of drug-likeness (QED) is 0.478. The summed E-state index contributed by atoms with van der Waals surface area (Å²) < 4.78 is 11.4. The van der Waals surface area contributed by atoms with Gasteiger partial charge in [-0.25, -0.2) is 0 Å². The summed E-state index contributed by atoms with van der Waals surface area (Å²) in [7, 11) is 1.68. The zero-order valence-electron chi connectivity index (χ0n) is 17.1. The van der Waals surface area contributed by atoms with Gasteiger partial charge in [-0.2, -0.15) is 0 Å². The third-order valence-corrected chi connectivity index (χ3v) is 6.02. The molecule has 0 amide bonds. The van der Waals surface area contributed by atoms with Gasteiger partial charge in [-0.15, -0.1) is 0 Å². The van der Waals surface area contributed by atoms with Crippen LogP contribution in [-0.2, 0) is 11.2 Å². The van der Waals surface area contributed by atoms with Crippen LogP contribution in [0.5, 0.6) is 5.75 Å². The van der Waals surface area contributed by atoms with Gasteiger partial charge in [0.25, 0.3) is 5.17 Å². The second-order valence-corrected chi connectivity index (χ2v) is 7.89. The van der Waals surface area contributed by atoms with Crippen molar-refractivity contribution in [3.63, 3.8) is 0 Å². The molecule has 5 nitrogen and oxygen atoms in total. The van der Waals surface area contributed by atoms with Crippen molar-refractivity contribution in [1.29, 1.82) is 0 Å². The summed E-state index contributed by atoms with van der Waals surface area (Å²) >= 11 is 5.72. The molecule has 2 heterocycles. The molecule has 152 valence electrons. The van der Waals surface area contributed by atoms with Gasteiger partial charge in [-0.1, -0.05) is 19.1 Å². The minimum Gasteiger partial charge on any atom is -0.497 e. The molecule has 0 saturated heterocycles. The summed E-state index contributed by atoms with van der Waals surface area (Å²) in [5.74, 6) is 0.833. The van der Waals surface area contributed by atoms with E-state index >= 15 is 0 Å². The number of nitrogen functional groups attached to an aromatic ring is 1. The Morgan fingerprint density at radius 2 is 2.03 bits per heavy atom. The Morgan fingerprint density at radius 3 is 2.72 bits per heavy atom. The zero-order chi connectivity index (χ0) is 20.5. The van der Waals surface area contributed by atoms with Crippen LogP contribution in [0.15, 0.2) is 42.5 Å². The maximum Gasteiger partial charge on any atom is 0.260 e. The lowest BCUT2D eigenvalue weighted by molar-refractivity contribution is 0.154. The van der Waals surface area contributed by atoms with E-state index < -0.39 is 0 Å². The highest BCUT2D eigenvalue weighted by atomic mass is 32.1.